The maximum Gasteiger partial charge on any atom is 0.243 e. The van der Waals surface area contributed by atoms with Gasteiger partial charge >= 0.3 is 0 Å². The minimum Gasteiger partial charge on any atom is -0.355 e. The fourth-order valence-electron chi connectivity index (χ4n) is 3.82. The van der Waals surface area contributed by atoms with E-state index in [1.54, 1.807) is 28.8 Å². The lowest BCUT2D eigenvalue weighted by molar-refractivity contribution is -0.139. The van der Waals surface area contributed by atoms with Gasteiger partial charge in [-0.25, -0.2) is 0 Å². The number of carbonyl (C=O) groups is 2. The summed E-state index contributed by atoms with van der Waals surface area (Å²) in [5.41, 5.74) is 4.08. The first kappa shape index (κ1) is 27.1. The fraction of sp³-hybridized carbons (Fsp3) is 0.286. The molecule has 3 aromatic carbocycles. The molecule has 0 aliphatic rings. The van der Waals surface area contributed by atoms with Gasteiger partial charge in [-0.2, -0.15) is 0 Å². The molecular formula is C28H30Cl2N2O2S. The second-order valence-electron chi connectivity index (χ2n) is 8.34. The van der Waals surface area contributed by atoms with E-state index in [9.17, 15) is 9.59 Å². The van der Waals surface area contributed by atoms with E-state index in [0.29, 0.717) is 28.8 Å². The molecule has 3 rings (SSSR count). The first-order valence-electron chi connectivity index (χ1n) is 11.6. The van der Waals surface area contributed by atoms with Crippen molar-refractivity contribution in [3.05, 3.63) is 105 Å². The van der Waals surface area contributed by atoms with Gasteiger partial charge < -0.3 is 10.2 Å². The van der Waals surface area contributed by atoms with Gasteiger partial charge in [0.25, 0.3) is 0 Å². The molecule has 3 aromatic rings. The first-order valence-corrected chi connectivity index (χ1v) is 13.5. The number of halogens is 2. The molecule has 0 bridgehead atoms. The average molecular weight is 530 g/mol. The second kappa shape index (κ2) is 13.6. The monoisotopic (exact) mass is 528 g/mol. The Morgan fingerprint density at radius 1 is 0.971 bits per heavy atom. The molecule has 0 saturated heterocycles. The van der Waals surface area contributed by atoms with Crippen LogP contribution in [-0.2, 0) is 28.3 Å². The van der Waals surface area contributed by atoms with Gasteiger partial charge in [0.05, 0.1) is 5.75 Å². The number of amides is 2. The predicted molar refractivity (Wildman–Crippen MR) is 147 cm³/mol. The Kier molecular flexibility index (Phi) is 10.5. The SMILES string of the molecule is CCNC(=O)[C@H](Cc1ccccc1)N(Cc1ccc(Cl)cc1Cl)C(=O)CSCc1cccc(C)c1. The summed E-state index contributed by atoms with van der Waals surface area (Å²) in [5.74, 6) is 0.677. The van der Waals surface area contributed by atoms with E-state index in [4.69, 9.17) is 23.2 Å². The molecule has 4 nitrogen and oxygen atoms in total. The summed E-state index contributed by atoms with van der Waals surface area (Å²) < 4.78 is 0. The van der Waals surface area contributed by atoms with E-state index in [-0.39, 0.29) is 24.1 Å². The highest BCUT2D eigenvalue weighted by atomic mass is 35.5. The van der Waals surface area contributed by atoms with Crippen LogP contribution >= 0.6 is 35.0 Å². The summed E-state index contributed by atoms with van der Waals surface area (Å²) in [6.45, 7) is 4.62. The van der Waals surface area contributed by atoms with Gasteiger partial charge in [-0.3, -0.25) is 9.59 Å². The molecule has 0 saturated carbocycles. The van der Waals surface area contributed by atoms with Crippen LogP contribution in [0.5, 0.6) is 0 Å². The molecule has 0 aliphatic carbocycles. The van der Waals surface area contributed by atoms with Crippen molar-refractivity contribution >= 4 is 46.8 Å². The molecule has 0 aromatic heterocycles. The van der Waals surface area contributed by atoms with Gasteiger partial charge in [0.15, 0.2) is 0 Å². The van der Waals surface area contributed by atoms with E-state index in [2.05, 4.69) is 30.4 Å². The summed E-state index contributed by atoms with van der Waals surface area (Å²) in [7, 11) is 0. The predicted octanol–water partition coefficient (Wildman–Crippen LogP) is 6.31. The Morgan fingerprint density at radius 2 is 1.71 bits per heavy atom. The largest absolute Gasteiger partial charge is 0.355 e. The Bertz CT molecular complexity index is 1140. The van der Waals surface area contributed by atoms with E-state index >= 15 is 0 Å². The highest BCUT2D eigenvalue weighted by Crippen LogP contribution is 2.25. The smallest absolute Gasteiger partial charge is 0.243 e. The van der Waals surface area contributed by atoms with Gasteiger partial charge in [-0.15, -0.1) is 11.8 Å². The molecule has 1 atom stereocenters. The van der Waals surface area contributed by atoms with Crippen molar-refractivity contribution in [2.75, 3.05) is 12.3 Å². The van der Waals surface area contributed by atoms with Crippen LogP contribution < -0.4 is 5.32 Å². The zero-order valence-corrected chi connectivity index (χ0v) is 22.3. The van der Waals surface area contributed by atoms with E-state index in [1.807, 2.05) is 49.4 Å². The molecule has 2 amide bonds. The Hall–Kier alpha value is -2.47. The highest BCUT2D eigenvalue weighted by molar-refractivity contribution is 7.99. The van der Waals surface area contributed by atoms with Gasteiger partial charge in [0.1, 0.15) is 6.04 Å². The molecule has 35 heavy (non-hydrogen) atoms. The lowest BCUT2D eigenvalue weighted by Gasteiger charge is -2.31. The zero-order valence-electron chi connectivity index (χ0n) is 20.0. The minimum absolute atomic E-state index is 0.110. The Morgan fingerprint density at radius 3 is 2.40 bits per heavy atom. The third-order valence-electron chi connectivity index (χ3n) is 5.55. The molecule has 0 aliphatic heterocycles. The number of benzene rings is 3. The number of nitrogens with one attached hydrogen (secondary N) is 1. The number of likely N-dealkylation sites (N-methyl/N-ethyl adjacent to an activating group) is 1. The zero-order chi connectivity index (χ0) is 25.2. The lowest BCUT2D eigenvalue weighted by atomic mass is 10.0. The summed E-state index contributed by atoms with van der Waals surface area (Å²) in [4.78, 5) is 28.4. The fourth-order valence-corrected chi connectivity index (χ4v) is 5.15. The van der Waals surface area contributed by atoms with E-state index in [1.165, 1.54) is 11.1 Å². The van der Waals surface area contributed by atoms with Crippen molar-refractivity contribution in [2.24, 2.45) is 0 Å². The minimum atomic E-state index is -0.670. The van der Waals surface area contributed by atoms with Crippen LogP contribution in [-0.4, -0.2) is 35.1 Å². The van der Waals surface area contributed by atoms with Crippen LogP contribution in [0.15, 0.2) is 72.8 Å². The molecule has 0 heterocycles. The van der Waals surface area contributed by atoms with Crippen molar-refractivity contribution in [1.29, 1.82) is 0 Å². The summed E-state index contributed by atoms with van der Waals surface area (Å²) in [5, 5.41) is 3.90. The lowest BCUT2D eigenvalue weighted by Crippen LogP contribution is -2.51. The number of thioether (sulfide) groups is 1. The van der Waals surface area contributed by atoms with Crippen molar-refractivity contribution < 1.29 is 9.59 Å². The quantitative estimate of drug-likeness (QED) is 0.317. The second-order valence-corrected chi connectivity index (χ2v) is 10.2. The van der Waals surface area contributed by atoms with Gasteiger partial charge in [0, 0.05) is 35.3 Å². The standard InChI is InChI=1S/C28H30Cl2N2O2S/c1-3-31-28(34)26(15-21-9-5-4-6-10-21)32(17-23-12-13-24(29)16-25(23)30)27(33)19-35-18-22-11-7-8-20(2)14-22/h4-14,16,26H,3,15,17-19H2,1-2H3,(H,31,34)/t26-/m0/s1. The molecule has 0 radical (unpaired) electrons. The number of hydrogen-bond acceptors (Lipinski definition) is 3. The third-order valence-corrected chi connectivity index (χ3v) is 7.13. The summed E-state index contributed by atoms with van der Waals surface area (Å²) in [6, 6.07) is 22.5. The molecule has 0 spiro atoms. The highest BCUT2D eigenvalue weighted by Gasteiger charge is 2.30. The van der Waals surface area contributed by atoms with Gasteiger partial charge in [0.2, 0.25) is 11.8 Å². The van der Waals surface area contributed by atoms with Crippen molar-refractivity contribution in [3.63, 3.8) is 0 Å². The molecule has 0 unspecified atom stereocenters. The molecular weight excluding hydrogens is 499 g/mol. The van der Waals surface area contributed by atoms with Crippen LogP contribution in [0.25, 0.3) is 0 Å². The van der Waals surface area contributed by atoms with Crippen LogP contribution in [0.1, 0.15) is 29.2 Å². The van der Waals surface area contributed by atoms with Crippen molar-refractivity contribution in [3.8, 4) is 0 Å². The Balaban J connectivity index is 1.85. The first-order chi connectivity index (χ1) is 16.9. The Labute approximate surface area is 222 Å². The summed E-state index contributed by atoms with van der Waals surface area (Å²) >= 11 is 14.1. The van der Waals surface area contributed by atoms with E-state index in [0.717, 1.165) is 11.1 Å². The third kappa shape index (κ3) is 8.31. The number of carbonyl (C=O) groups excluding carboxylic acids is 2. The van der Waals surface area contributed by atoms with Crippen LogP contribution in [0.3, 0.4) is 0 Å². The number of hydrogen-bond donors (Lipinski definition) is 1. The average Bonchev–Trinajstić information content (AvgIpc) is 2.83. The van der Waals surface area contributed by atoms with Gasteiger partial charge in [-0.1, -0.05) is 89.4 Å². The van der Waals surface area contributed by atoms with Crippen LogP contribution in [0.2, 0.25) is 10.0 Å². The van der Waals surface area contributed by atoms with E-state index < -0.39 is 6.04 Å². The normalized spacial score (nSPS) is 11.7. The van der Waals surface area contributed by atoms with Crippen LogP contribution in [0.4, 0.5) is 0 Å². The topological polar surface area (TPSA) is 49.4 Å². The van der Waals surface area contributed by atoms with Gasteiger partial charge in [-0.05, 0) is 42.7 Å². The number of nitrogens with zero attached hydrogens (tertiary/aromatic N) is 1. The summed E-state index contributed by atoms with van der Waals surface area (Å²) in [6.07, 6.45) is 0.409. The van der Waals surface area contributed by atoms with Crippen LogP contribution in [0, 0.1) is 6.92 Å². The molecule has 184 valence electrons. The number of rotatable bonds is 11. The molecule has 0 fully saturated rings. The maximum atomic E-state index is 13.6. The van der Waals surface area contributed by atoms with Crippen molar-refractivity contribution in [2.45, 2.75) is 38.6 Å². The number of aryl methyl sites for hydroxylation is 1. The molecule has 1 N–H and O–H groups in total. The maximum absolute atomic E-state index is 13.6. The molecule has 7 heteroatoms. The van der Waals surface area contributed by atoms with Crippen molar-refractivity contribution in [1.82, 2.24) is 10.2 Å².